The van der Waals surface area contributed by atoms with Gasteiger partial charge in [-0.25, -0.2) is 4.79 Å². The first kappa shape index (κ1) is 24.9. The van der Waals surface area contributed by atoms with Gasteiger partial charge in [0.25, 0.3) is 0 Å². The standard InChI is InChI=1S/C27H31ClN2O6/c1-17(2)36-26(32)30-10-9-21-22-11-19(28)5-8-23(22)29-24(21)25(30)18-3-6-20(7-4-18)35-15-27(12-31)13-33-16-34-14-27/h3-8,11,17,25,29,31H,9-10,12-16H2,1-2H3/t25-/m0/s1. The quantitative estimate of drug-likeness (QED) is 0.496. The molecule has 36 heavy (non-hydrogen) atoms. The Labute approximate surface area is 215 Å². The topological polar surface area (TPSA) is 93.3 Å². The number of benzene rings is 2. The number of aromatic nitrogens is 1. The molecule has 1 aromatic heterocycles. The molecule has 0 unspecified atom stereocenters. The molecule has 0 aliphatic carbocycles. The number of aliphatic hydroxyl groups is 1. The van der Waals surface area contributed by atoms with Gasteiger partial charge < -0.3 is 29.0 Å². The van der Waals surface area contributed by atoms with E-state index in [9.17, 15) is 9.90 Å². The van der Waals surface area contributed by atoms with Gasteiger partial charge in [0.15, 0.2) is 0 Å². The van der Waals surface area contributed by atoms with E-state index in [1.165, 1.54) is 0 Å². The molecule has 1 atom stereocenters. The third-order valence-electron chi connectivity index (χ3n) is 6.72. The number of amides is 1. The number of carbonyl (C=O) groups excluding carboxylic acids is 1. The van der Waals surface area contributed by atoms with Crippen LogP contribution < -0.4 is 4.74 Å². The Morgan fingerprint density at radius 3 is 2.67 bits per heavy atom. The van der Waals surface area contributed by atoms with Gasteiger partial charge >= 0.3 is 6.09 Å². The number of aromatic amines is 1. The van der Waals surface area contributed by atoms with Crippen molar-refractivity contribution in [2.45, 2.75) is 32.4 Å². The fraction of sp³-hybridized carbons (Fsp3) is 0.444. The van der Waals surface area contributed by atoms with Gasteiger partial charge in [-0.15, -0.1) is 0 Å². The minimum Gasteiger partial charge on any atom is -0.493 e. The summed E-state index contributed by atoms with van der Waals surface area (Å²) in [6.07, 6.45) is 0.136. The summed E-state index contributed by atoms with van der Waals surface area (Å²) in [6, 6.07) is 13.1. The number of hydrogen-bond acceptors (Lipinski definition) is 6. The fourth-order valence-corrected chi connectivity index (χ4v) is 5.07. The van der Waals surface area contributed by atoms with Gasteiger partial charge in [-0.3, -0.25) is 4.90 Å². The Kier molecular flexibility index (Phi) is 7.12. The molecule has 192 valence electrons. The predicted octanol–water partition coefficient (Wildman–Crippen LogP) is 4.68. The van der Waals surface area contributed by atoms with Crippen LogP contribution in [0.1, 0.15) is 36.7 Å². The summed E-state index contributed by atoms with van der Waals surface area (Å²) in [5.41, 5.74) is 3.46. The number of nitrogens with one attached hydrogen (secondary N) is 1. The second-order valence-corrected chi connectivity index (χ2v) is 10.3. The molecule has 0 radical (unpaired) electrons. The zero-order valence-electron chi connectivity index (χ0n) is 20.5. The molecule has 0 spiro atoms. The van der Waals surface area contributed by atoms with E-state index < -0.39 is 5.41 Å². The van der Waals surface area contributed by atoms with E-state index >= 15 is 0 Å². The largest absolute Gasteiger partial charge is 0.493 e. The highest BCUT2D eigenvalue weighted by Crippen LogP contribution is 2.40. The molecule has 1 fully saturated rings. The zero-order valence-corrected chi connectivity index (χ0v) is 21.2. The highest BCUT2D eigenvalue weighted by molar-refractivity contribution is 6.31. The second kappa shape index (κ2) is 10.3. The summed E-state index contributed by atoms with van der Waals surface area (Å²) in [6.45, 7) is 5.39. The van der Waals surface area contributed by atoms with Gasteiger partial charge in [0.2, 0.25) is 0 Å². The molecule has 2 aliphatic rings. The number of nitrogens with zero attached hydrogens (tertiary/aromatic N) is 1. The van der Waals surface area contributed by atoms with Gasteiger partial charge in [-0.05, 0) is 61.7 Å². The van der Waals surface area contributed by atoms with E-state index in [1.54, 1.807) is 4.90 Å². The number of hydrogen-bond donors (Lipinski definition) is 2. The average Bonchev–Trinajstić information content (AvgIpc) is 3.25. The first-order valence-corrected chi connectivity index (χ1v) is 12.5. The van der Waals surface area contributed by atoms with E-state index in [1.807, 2.05) is 56.3 Å². The van der Waals surface area contributed by atoms with Crippen LogP contribution in [0, 0.1) is 5.41 Å². The molecule has 3 aromatic rings. The van der Waals surface area contributed by atoms with Crippen LogP contribution in [0.25, 0.3) is 10.9 Å². The summed E-state index contributed by atoms with van der Waals surface area (Å²) in [5.74, 6) is 0.660. The van der Waals surface area contributed by atoms with Crippen molar-refractivity contribution >= 4 is 28.6 Å². The van der Waals surface area contributed by atoms with Crippen molar-refractivity contribution in [3.63, 3.8) is 0 Å². The summed E-state index contributed by atoms with van der Waals surface area (Å²) in [7, 11) is 0. The van der Waals surface area contributed by atoms with Crippen molar-refractivity contribution in [2.75, 3.05) is 39.8 Å². The first-order chi connectivity index (χ1) is 17.4. The molecular weight excluding hydrogens is 484 g/mol. The van der Waals surface area contributed by atoms with Crippen LogP contribution in [-0.2, 0) is 20.6 Å². The number of halogens is 1. The molecule has 1 saturated heterocycles. The Morgan fingerprint density at radius 1 is 1.22 bits per heavy atom. The van der Waals surface area contributed by atoms with Crippen LogP contribution in [0.2, 0.25) is 5.02 Å². The lowest BCUT2D eigenvalue weighted by Crippen LogP contribution is -2.45. The van der Waals surface area contributed by atoms with Gasteiger partial charge in [0.05, 0.1) is 31.3 Å². The van der Waals surface area contributed by atoms with Crippen LogP contribution in [0.5, 0.6) is 5.75 Å². The lowest BCUT2D eigenvalue weighted by Gasteiger charge is -2.36. The predicted molar refractivity (Wildman–Crippen MR) is 135 cm³/mol. The van der Waals surface area contributed by atoms with Crippen LogP contribution in [0.4, 0.5) is 4.79 Å². The molecule has 1 amide bonds. The van der Waals surface area contributed by atoms with Crippen molar-refractivity contribution in [2.24, 2.45) is 5.41 Å². The smallest absolute Gasteiger partial charge is 0.410 e. The Hall–Kier alpha value is -2.78. The number of fused-ring (bicyclic) bond motifs is 3. The molecule has 0 saturated carbocycles. The SMILES string of the molecule is CC(C)OC(=O)N1CCc2c([nH]c3ccc(Cl)cc23)[C@@H]1c1ccc(OCC2(CO)COCOC2)cc1. The highest BCUT2D eigenvalue weighted by Gasteiger charge is 2.37. The normalized spacial score (nSPS) is 19.4. The van der Waals surface area contributed by atoms with Crippen LogP contribution in [-0.4, -0.2) is 67.0 Å². The monoisotopic (exact) mass is 514 g/mol. The zero-order chi connectivity index (χ0) is 25.3. The number of H-pyrrole nitrogens is 1. The molecule has 5 rings (SSSR count). The summed E-state index contributed by atoms with van der Waals surface area (Å²) in [5, 5.41) is 11.6. The lowest BCUT2D eigenvalue weighted by atomic mass is 9.91. The van der Waals surface area contributed by atoms with E-state index in [0.717, 1.165) is 27.7 Å². The summed E-state index contributed by atoms with van der Waals surface area (Å²) < 4.78 is 22.3. The molecule has 9 heteroatoms. The van der Waals surface area contributed by atoms with Gasteiger partial charge in [-0.1, -0.05) is 23.7 Å². The van der Waals surface area contributed by atoms with Crippen LogP contribution >= 0.6 is 11.6 Å². The fourth-order valence-electron chi connectivity index (χ4n) is 4.89. The molecular formula is C27H31ClN2O6. The van der Waals surface area contributed by atoms with Crippen molar-refractivity contribution in [1.29, 1.82) is 0 Å². The third kappa shape index (κ3) is 4.91. The summed E-state index contributed by atoms with van der Waals surface area (Å²) >= 11 is 6.29. The number of ether oxygens (including phenoxy) is 4. The van der Waals surface area contributed by atoms with Crippen LogP contribution in [0.3, 0.4) is 0 Å². The Balaban J connectivity index is 1.44. The molecule has 0 bridgehead atoms. The maximum Gasteiger partial charge on any atom is 0.410 e. The van der Waals surface area contributed by atoms with E-state index in [4.69, 9.17) is 30.5 Å². The van der Waals surface area contributed by atoms with Crippen molar-refractivity contribution in [1.82, 2.24) is 9.88 Å². The third-order valence-corrected chi connectivity index (χ3v) is 6.95. The number of carbonyl (C=O) groups is 1. The maximum absolute atomic E-state index is 13.1. The van der Waals surface area contributed by atoms with E-state index in [-0.39, 0.29) is 38.2 Å². The molecule has 3 heterocycles. The van der Waals surface area contributed by atoms with Crippen LogP contribution in [0.15, 0.2) is 42.5 Å². The second-order valence-electron chi connectivity index (χ2n) is 9.82. The van der Waals surface area contributed by atoms with Gasteiger partial charge in [0.1, 0.15) is 25.2 Å². The Bertz CT molecular complexity index is 1220. The molecule has 2 N–H and O–H groups in total. The van der Waals surface area contributed by atoms with Gasteiger partial charge in [0, 0.05) is 28.2 Å². The van der Waals surface area contributed by atoms with Gasteiger partial charge in [-0.2, -0.15) is 0 Å². The minimum absolute atomic E-state index is 0.0900. The van der Waals surface area contributed by atoms with Crippen molar-refractivity contribution < 1.29 is 28.8 Å². The molecule has 8 nitrogen and oxygen atoms in total. The number of rotatable bonds is 6. The number of aliphatic hydroxyl groups excluding tert-OH is 1. The van der Waals surface area contributed by atoms with E-state index in [2.05, 4.69) is 4.98 Å². The summed E-state index contributed by atoms with van der Waals surface area (Å²) in [4.78, 5) is 18.4. The minimum atomic E-state index is -0.585. The van der Waals surface area contributed by atoms with Crippen molar-refractivity contribution in [3.8, 4) is 5.75 Å². The lowest BCUT2D eigenvalue weighted by molar-refractivity contribution is -0.184. The molecule has 2 aromatic carbocycles. The average molecular weight is 515 g/mol. The van der Waals surface area contributed by atoms with E-state index in [0.29, 0.717) is 37.0 Å². The van der Waals surface area contributed by atoms with Crippen molar-refractivity contribution in [3.05, 3.63) is 64.3 Å². The highest BCUT2D eigenvalue weighted by atomic mass is 35.5. The Morgan fingerprint density at radius 2 is 1.97 bits per heavy atom. The first-order valence-electron chi connectivity index (χ1n) is 12.2. The maximum atomic E-state index is 13.1. The molecule has 2 aliphatic heterocycles.